The van der Waals surface area contributed by atoms with Gasteiger partial charge in [0.25, 0.3) is 0 Å². The van der Waals surface area contributed by atoms with E-state index in [-0.39, 0.29) is 0 Å². The van der Waals surface area contributed by atoms with E-state index < -0.39 is 0 Å². The van der Waals surface area contributed by atoms with Crippen molar-refractivity contribution >= 4 is 6.41 Å². The molecule has 2 aliphatic rings. The van der Waals surface area contributed by atoms with Gasteiger partial charge in [-0.3, -0.25) is 9.69 Å². The normalized spacial score (nSPS) is 23.9. The van der Waals surface area contributed by atoms with Crippen LogP contribution in [0.5, 0.6) is 0 Å². The van der Waals surface area contributed by atoms with Crippen LogP contribution in [0, 0.1) is 0 Å². The molecule has 2 fully saturated rings. The van der Waals surface area contributed by atoms with Crippen LogP contribution in [0.2, 0.25) is 0 Å². The van der Waals surface area contributed by atoms with Crippen molar-refractivity contribution in [2.45, 2.75) is 18.9 Å². The van der Waals surface area contributed by atoms with Gasteiger partial charge >= 0.3 is 0 Å². The molecule has 4 heteroatoms. The number of nitrogens with zero attached hydrogens (tertiary/aromatic N) is 2. The summed E-state index contributed by atoms with van der Waals surface area (Å²) in [6.45, 7) is 6.09. The Bertz CT molecular complexity index is 186. The Morgan fingerprint density at radius 1 is 1.21 bits per heavy atom. The molecule has 0 aromatic heterocycles. The van der Waals surface area contributed by atoms with Crippen LogP contribution in [-0.2, 0) is 4.79 Å². The van der Waals surface area contributed by atoms with Crippen LogP contribution in [0.15, 0.2) is 0 Å². The highest BCUT2D eigenvalue weighted by Crippen LogP contribution is 2.18. The van der Waals surface area contributed by atoms with E-state index in [1.54, 1.807) is 0 Å². The number of piperazine rings is 1. The Hall–Kier alpha value is -0.610. The molecular weight excluding hydrogens is 178 g/mol. The summed E-state index contributed by atoms with van der Waals surface area (Å²) in [5.41, 5.74) is 0. The number of amides is 1. The number of hydrogen-bond acceptors (Lipinski definition) is 3. The minimum Gasteiger partial charge on any atom is -0.343 e. The molecule has 1 N–H and O–H groups in total. The summed E-state index contributed by atoms with van der Waals surface area (Å²) < 4.78 is 0. The fraction of sp³-hybridized carbons (Fsp3) is 0.900. The molecule has 0 radical (unpaired) electrons. The highest BCUT2D eigenvalue weighted by Gasteiger charge is 2.20. The van der Waals surface area contributed by atoms with Crippen molar-refractivity contribution in [2.75, 3.05) is 39.3 Å². The highest BCUT2D eigenvalue weighted by atomic mass is 16.1. The smallest absolute Gasteiger partial charge is 0.209 e. The third-order valence-electron chi connectivity index (χ3n) is 2.99. The summed E-state index contributed by atoms with van der Waals surface area (Å²) in [4.78, 5) is 14.8. The minimum absolute atomic E-state index is 0.811. The van der Waals surface area contributed by atoms with Crippen LogP contribution in [0.4, 0.5) is 0 Å². The maximum atomic E-state index is 10.5. The maximum Gasteiger partial charge on any atom is 0.209 e. The topological polar surface area (TPSA) is 35.6 Å². The minimum atomic E-state index is 0.811. The van der Waals surface area contributed by atoms with Crippen LogP contribution in [0.25, 0.3) is 0 Å². The second-order valence-electron chi connectivity index (χ2n) is 4.21. The SMILES string of the molecule is O=CN1CCN(CCNC2CC2)CC1. The van der Waals surface area contributed by atoms with Crippen LogP contribution in [0.3, 0.4) is 0 Å². The quantitative estimate of drug-likeness (QED) is 0.604. The Morgan fingerprint density at radius 3 is 2.50 bits per heavy atom. The molecule has 14 heavy (non-hydrogen) atoms. The molecule has 0 aromatic rings. The van der Waals surface area contributed by atoms with Gasteiger partial charge in [0.05, 0.1) is 0 Å². The molecule has 1 heterocycles. The standard InChI is InChI=1S/C10H19N3O/c14-9-13-7-5-12(6-8-13)4-3-11-10-1-2-10/h9-11H,1-8H2. The number of hydrogen-bond donors (Lipinski definition) is 1. The van der Waals surface area contributed by atoms with Crippen LogP contribution >= 0.6 is 0 Å². The number of nitrogens with one attached hydrogen (secondary N) is 1. The van der Waals surface area contributed by atoms with Gasteiger partial charge in [-0.25, -0.2) is 0 Å². The molecule has 1 saturated heterocycles. The second kappa shape index (κ2) is 4.75. The lowest BCUT2D eigenvalue weighted by molar-refractivity contribution is -0.119. The lowest BCUT2D eigenvalue weighted by Gasteiger charge is -2.32. The number of carbonyl (C=O) groups excluding carboxylic acids is 1. The van der Waals surface area contributed by atoms with E-state index in [2.05, 4.69) is 10.2 Å². The largest absolute Gasteiger partial charge is 0.343 e. The van der Waals surface area contributed by atoms with Crippen molar-refractivity contribution in [3.05, 3.63) is 0 Å². The van der Waals surface area contributed by atoms with Crippen LogP contribution in [0.1, 0.15) is 12.8 Å². The summed E-state index contributed by atoms with van der Waals surface area (Å²) in [7, 11) is 0. The van der Waals surface area contributed by atoms with E-state index >= 15 is 0 Å². The molecule has 1 aliphatic carbocycles. The molecule has 0 spiro atoms. The second-order valence-corrected chi connectivity index (χ2v) is 4.21. The molecule has 1 amide bonds. The summed E-state index contributed by atoms with van der Waals surface area (Å²) in [5.74, 6) is 0. The zero-order valence-electron chi connectivity index (χ0n) is 8.61. The van der Waals surface area contributed by atoms with Gasteiger partial charge in [-0.15, -0.1) is 0 Å². The predicted octanol–water partition coefficient (Wildman–Crippen LogP) is -0.488. The average Bonchev–Trinajstić information content (AvgIpc) is 3.03. The Morgan fingerprint density at radius 2 is 1.93 bits per heavy atom. The van der Waals surface area contributed by atoms with Crippen molar-refractivity contribution in [3.63, 3.8) is 0 Å². The molecule has 1 saturated carbocycles. The number of carbonyl (C=O) groups is 1. The monoisotopic (exact) mass is 197 g/mol. The third-order valence-corrected chi connectivity index (χ3v) is 2.99. The van der Waals surface area contributed by atoms with Gasteiger partial charge in [-0.05, 0) is 12.8 Å². The molecule has 0 bridgehead atoms. The van der Waals surface area contributed by atoms with Gasteiger partial charge in [0.2, 0.25) is 6.41 Å². The van der Waals surface area contributed by atoms with Gasteiger partial charge in [0.15, 0.2) is 0 Å². The molecule has 0 unspecified atom stereocenters. The molecule has 4 nitrogen and oxygen atoms in total. The van der Waals surface area contributed by atoms with Crippen LogP contribution < -0.4 is 5.32 Å². The van der Waals surface area contributed by atoms with E-state index in [4.69, 9.17) is 0 Å². The molecule has 2 rings (SSSR count). The zero-order chi connectivity index (χ0) is 9.80. The summed E-state index contributed by atoms with van der Waals surface area (Å²) in [5, 5.41) is 3.50. The Balaban J connectivity index is 1.55. The summed E-state index contributed by atoms with van der Waals surface area (Å²) in [6.07, 6.45) is 3.68. The lowest BCUT2D eigenvalue weighted by Crippen LogP contribution is -2.47. The summed E-state index contributed by atoms with van der Waals surface area (Å²) in [6, 6.07) is 0.811. The van der Waals surface area contributed by atoms with Crippen LogP contribution in [-0.4, -0.2) is 61.5 Å². The van der Waals surface area contributed by atoms with Crippen molar-refractivity contribution < 1.29 is 4.79 Å². The van der Waals surface area contributed by atoms with E-state index in [0.29, 0.717) is 0 Å². The Labute approximate surface area is 85.2 Å². The summed E-state index contributed by atoms with van der Waals surface area (Å²) >= 11 is 0. The van der Waals surface area contributed by atoms with Gasteiger partial charge < -0.3 is 10.2 Å². The molecular formula is C10H19N3O. The maximum absolute atomic E-state index is 10.5. The van der Waals surface area contributed by atoms with E-state index in [1.165, 1.54) is 12.8 Å². The predicted molar refractivity (Wildman–Crippen MR) is 55.1 cm³/mol. The zero-order valence-corrected chi connectivity index (χ0v) is 8.61. The van der Waals surface area contributed by atoms with E-state index in [0.717, 1.165) is 51.7 Å². The molecule has 0 atom stereocenters. The fourth-order valence-corrected chi connectivity index (χ4v) is 1.81. The first-order valence-corrected chi connectivity index (χ1v) is 5.53. The van der Waals surface area contributed by atoms with Crippen molar-refractivity contribution in [3.8, 4) is 0 Å². The first-order valence-electron chi connectivity index (χ1n) is 5.53. The average molecular weight is 197 g/mol. The first kappa shape index (κ1) is 9.93. The lowest BCUT2D eigenvalue weighted by atomic mass is 10.3. The van der Waals surface area contributed by atoms with E-state index in [9.17, 15) is 4.79 Å². The third kappa shape index (κ3) is 2.96. The Kier molecular flexibility index (Phi) is 3.37. The number of rotatable bonds is 5. The highest BCUT2D eigenvalue weighted by molar-refractivity contribution is 5.47. The molecule has 1 aliphatic heterocycles. The fourth-order valence-electron chi connectivity index (χ4n) is 1.81. The van der Waals surface area contributed by atoms with Gasteiger partial charge in [-0.1, -0.05) is 0 Å². The van der Waals surface area contributed by atoms with Gasteiger partial charge in [0.1, 0.15) is 0 Å². The van der Waals surface area contributed by atoms with Gasteiger partial charge in [0, 0.05) is 45.3 Å². The van der Waals surface area contributed by atoms with Crippen molar-refractivity contribution in [1.82, 2.24) is 15.1 Å². The molecule has 80 valence electrons. The van der Waals surface area contributed by atoms with Crippen molar-refractivity contribution in [2.24, 2.45) is 0 Å². The molecule has 0 aromatic carbocycles. The van der Waals surface area contributed by atoms with Crippen molar-refractivity contribution in [1.29, 1.82) is 0 Å². The first-order chi connectivity index (χ1) is 6.88. The van der Waals surface area contributed by atoms with E-state index in [1.807, 2.05) is 4.90 Å². The van der Waals surface area contributed by atoms with Gasteiger partial charge in [-0.2, -0.15) is 0 Å².